The number of benzene rings is 1. The van der Waals surface area contributed by atoms with Crippen LogP contribution in [-0.2, 0) is 0 Å². The first-order valence-electron chi connectivity index (χ1n) is 8.15. The summed E-state index contributed by atoms with van der Waals surface area (Å²) in [6.45, 7) is 4.18. The SMILES string of the molecule is CC(C)Nc1c(C#N)c(-c2ccc(Br)cc2)nn1C1CCCC1. The van der Waals surface area contributed by atoms with Crippen LogP contribution in [0.3, 0.4) is 0 Å². The smallest absolute Gasteiger partial charge is 0.143 e. The van der Waals surface area contributed by atoms with Gasteiger partial charge in [-0.25, -0.2) is 4.68 Å². The van der Waals surface area contributed by atoms with Crippen LogP contribution >= 0.6 is 15.9 Å². The summed E-state index contributed by atoms with van der Waals surface area (Å²) in [7, 11) is 0. The Hall–Kier alpha value is -1.80. The molecule has 1 aliphatic rings. The minimum absolute atomic E-state index is 0.261. The van der Waals surface area contributed by atoms with Crippen molar-refractivity contribution in [1.82, 2.24) is 9.78 Å². The molecular weight excluding hydrogens is 352 g/mol. The van der Waals surface area contributed by atoms with E-state index in [-0.39, 0.29) is 6.04 Å². The molecule has 3 rings (SSSR count). The van der Waals surface area contributed by atoms with Crippen LogP contribution in [-0.4, -0.2) is 15.8 Å². The highest BCUT2D eigenvalue weighted by Gasteiger charge is 2.26. The Bertz CT molecular complexity index is 719. The zero-order chi connectivity index (χ0) is 16.4. The van der Waals surface area contributed by atoms with Crippen molar-refractivity contribution in [2.75, 3.05) is 5.32 Å². The zero-order valence-electron chi connectivity index (χ0n) is 13.5. The Labute approximate surface area is 145 Å². The van der Waals surface area contributed by atoms with E-state index in [1.54, 1.807) is 0 Å². The molecule has 1 aromatic carbocycles. The summed E-state index contributed by atoms with van der Waals surface area (Å²) < 4.78 is 3.08. The summed E-state index contributed by atoms with van der Waals surface area (Å²) in [4.78, 5) is 0. The minimum atomic E-state index is 0.261. The van der Waals surface area contributed by atoms with Crippen molar-refractivity contribution in [3.63, 3.8) is 0 Å². The standard InChI is InChI=1S/C18H21BrN4/c1-12(2)21-18-16(11-20)17(13-7-9-14(19)10-8-13)22-23(18)15-5-3-4-6-15/h7-10,12,15,21H,3-6H2,1-2H3. The van der Waals surface area contributed by atoms with E-state index in [1.165, 1.54) is 12.8 Å². The van der Waals surface area contributed by atoms with Crippen LogP contribution in [0.4, 0.5) is 5.82 Å². The first-order chi connectivity index (χ1) is 11.1. The van der Waals surface area contributed by atoms with Gasteiger partial charge in [-0.3, -0.25) is 0 Å². The third-order valence-corrected chi connectivity index (χ3v) is 4.76. The third-order valence-electron chi connectivity index (χ3n) is 4.24. The summed E-state index contributed by atoms with van der Waals surface area (Å²) in [5, 5.41) is 18.0. The van der Waals surface area contributed by atoms with Gasteiger partial charge in [-0.05, 0) is 38.8 Å². The van der Waals surface area contributed by atoms with Crippen LogP contribution in [0.15, 0.2) is 28.7 Å². The average Bonchev–Trinajstić information content (AvgIpc) is 3.15. The first-order valence-corrected chi connectivity index (χ1v) is 8.94. The second-order valence-electron chi connectivity index (χ2n) is 6.37. The fourth-order valence-electron chi connectivity index (χ4n) is 3.17. The maximum absolute atomic E-state index is 9.73. The Morgan fingerprint density at radius 3 is 2.48 bits per heavy atom. The lowest BCUT2D eigenvalue weighted by Crippen LogP contribution is -2.17. The monoisotopic (exact) mass is 372 g/mol. The highest BCUT2D eigenvalue weighted by molar-refractivity contribution is 9.10. The Balaban J connectivity index is 2.12. The Morgan fingerprint density at radius 1 is 1.26 bits per heavy atom. The second kappa shape index (κ2) is 6.76. The molecule has 4 nitrogen and oxygen atoms in total. The van der Waals surface area contributed by atoms with Crippen molar-refractivity contribution in [3.05, 3.63) is 34.3 Å². The molecule has 0 unspecified atom stereocenters. The molecule has 1 aromatic heterocycles. The molecule has 1 aliphatic carbocycles. The quantitative estimate of drug-likeness (QED) is 0.809. The number of halogens is 1. The molecule has 0 aliphatic heterocycles. The van der Waals surface area contributed by atoms with Crippen LogP contribution in [0.1, 0.15) is 51.1 Å². The summed E-state index contributed by atoms with van der Waals surface area (Å²) in [5.74, 6) is 0.868. The molecule has 0 atom stereocenters. The molecule has 0 saturated heterocycles. The van der Waals surface area contributed by atoms with E-state index >= 15 is 0 Å². The average molecular weight is 373 g/mol. The van der Waals surface area contributed by atoms with Crippen LogP contribution in [0.2, 0.25) is 0 Å². The lowest BCUT2D eigenvalue weighted by molar-refractivity contribution is 0.471. The van der Waals surface area contributed by atoms with Crippen molar-refractivity contribution in [1.29, 1.82) is 5.26 Å². The predicted molar refractivity (Wildman–Crippen MR) is 96.3 cm³/mol. The van der Waals surface area contributed by atoms with Gasteiger partial charge in [-0.1, -0.05) is 40.9 Å². The molecule has 0 amide bonds. The van der Waals surface area contributed by atoms with Gasteiger partial charge < -0.3 is 5.32 Å². The zero-order valence-corrected chi connectivity index (χ0v) is 15.1. The fourth-order valence-corrected chi connectivity index (χ4v) is 3.44. The topological polar surface area (TPSA) is 53.6 Å². The van der Waals surface area contributed by atoms with Crippen molar-refractivity contribution in [3.8, 4) is 17.3 Å². The summed E-state index contributed by atoms with van der Waals surface area (Å²) >= 11 is 3.46. The maximum Gasteiger partial charge on any atom is 0.143 e. The number of aromatic nitrogens is 2. The number of hydrogen-bond acceptors (Lipinski definition) is 3. The number of nitrogens with zero attached hydrogens (tertiary/aromatic N) is 3. The molecule has 2 aromatic rings. The number of hydrogen-bond donors (Lipinski definition) is 1. The van der Waals surface area contributed by atoms with Crippen LogP contribution in [0.5, 0.6) is 0 Å². The van der Waals surface area contributed by atoms with Crippen LogP contribution in [0, 0.1) is 11.3 Å². The van der Waals surface area contributed by atoms with Gasteiger partial charge >= 0.3 is 0 Å². The van der Waals surface area contributed by atoms with Gasteiger partial charge in [-0.15, -0.1) is 0 Å². The van der Waals surface area contributed by atoms with Crippen molar-refractivity contribution in [2.24, 2.45) is 0 Å². The summed E-state index contributed by atoms with van der Waals surface area (Å²) in [6.07, 6.45) is 4.75. The molecule has 1 heterocycles. The largest absolute Gasteiger partial charge is 0.367 e. The van der Waals surface area contributed by atoms with E-state index in [1.807, 2.05) is 24.3 Å². The normalized spacial score (nSPS) is 15.1. The molecule has 1 N–H and O–H groups in total. The highest BCUT2D eigenvalue weighted by atomic mass is 79.9. The molecule has 120 valence electrons. The number of nitrogens with one attached hydrogen (secondary N) is 1. The van der Waals surface area contributed by atoms with E-state index in [9.17, 15) is 5.26 Å². The summed E-state index contributed by atoms with van der Waals surface area (Å²) in [6, 6.07) is 11.0. The van der Waals surface area contributed by atoms with E-state index in [2.05, 4.69) is 45.8 Å². The molecular formula is C18H21BrN4. The molecule has 0 radical (unpaired) electrons. The van der Waals surface area contributed by atoms with Gasteiger partial charge in [0.15, 0.2) is 0 Å². The number of rotatable bonds is 4. The van der Waals surface area contributed by atoms with Gasteiger partial charge in [-0.2, -0.15) is 10.4 Å². The van der Waals surface area contributed by atoms with E-state index in [0.717, 1.165) is 34.4 Å². The Kier molecular flexibility index (Phi) is 4.72. The van der Waals surface area contributed by atoms with E-state index < -0.39 is 0 Å². The van der Waals surface area contributed by atoms with Gasteiger partial charge in [0.25, 0.3) is 0 Å². The minimum Gasteiger partial charge on any atom is -0.367 e. The maximum atomic E-state index is 9.73. The number of anilines is 1. The molecule has 0 bridgehead atoms. The summed E-state index contributed by atoms with van der Waals surface area (Å²) in [5.41, 5.74) is 2.40. The van der Waals surface area contributed by atoms with Gasteiger partial charge in [0.05, 0.1) is 6.04 Å². The van der Waals surface area contributed by atoms with Crippen LogP contribution in [0.25, 0.3) is 11.3 Å². The van der Waals surface area contributed by atoms with Gasteiger partial charge in [0.1, 0.15) is 23.1 Å². The molecule has 1 saturated carbocycles. The molecule has 0 spiro atoms. The van der Waals surface area contributed by atoms with E-state index in [4.69, 9.17) is 5.10 Å². The predicted octanol–water partition coefficient (Wildman–Crippen LogP) is 5.12. The van der Waals surface area contributed by atoms with Gasteiger partial charge in [0, 0.05) is 16.1 Å². The Morgan fingerprint density at radius 2 is 1.91 bits per heavy atom. The lowest BCUT2D eigenvalue weighted by atomic mass is 10.1. The molecule has 5 heteroatoms. The van der Waals surface area contributed by atoms with Crippen LogP contribution < -0.4 is 5.32 Å². The second-order valence-corrected chi connectivity index (χ2v) is 7.29. The van der Waals surface area contributed by atoms with E-state index in [0.29, 0.717) is 11.6 Å². The molecule has 23 heavy (non-hydrogen) atoms. The third kappa shape index (κ3) is 3.28. The number of nitriles is 1. The van der Waals surface area contributed by atoms with Gasteiger partial charge in [0.2, 0.25) is 0 Å². The highest BCUT2D eigenvalue weighted by Crippen LogP contribution is 2.37. The van der Waals surface area contributed by atoms with Crippen molar-refractivity contribution < 1.29 is 0 Å². The first kappa shape index (κ1) is 16.1. The fraction of sp³-hybridized carbons (Fsp3) is 0.444. The molecule has 1 fully saturated rings. The lowest BCUT2D eigenvalue weighted by Gasteiger charge is -2.17. The van der Waals surface area contributed by atoms with Crippen molar-refractivity contribution >= 4 is 21.7 Å². The van der Waals surface area contributed by atoms with Crippen molar-refractivity contribution in [2.45, 2.75) is 51.6 Å².